The number of likely N-dealkylation sites (tertiary alicyclic amines) is 1. The van der Waals surface area contributed by atoms with Crippen molar-refractivity contribution in [3.63, 3.8) is 0 Å². The van der Waals surface area contributed by atoms with Crippen LogP contribution in [0.3, 0.4) is 0 Å². The van der Waals surface area contributed by atoms with E-state index >= 15 is 0 Å². The summed E-state index contributed by atoms with van der Waals surface area (Å²) in [5.41, 5.74) is 2.53. The summed E-state index contributed by atoms with van der Waals surface area (Å²) in [6, 6.07) is 3.58. The lowest BCUT2D eigenvalue weighted by atomic mass is 9.97. The Balaban J connectivity index is 1.75. The fourth-order valence-corrected chi connectivity index (χ4v) is 4.53. The minimum atomic E-state index is -0.574. The molecule has 0 bridgehead atoms. The molecule has 9 nitrogen and oxygen atoms in total. The lowest BCUT2D eigenvalue weighted by Crippen LogP contribution is -2.44. The van der Waals surface area contributed by atoms with Crippen LogP contribution in [-0.2, 0) is 9.47 Å². The Morgan fingerprint density at radius 3 is 2.58 bits per heavy atom. The van der Waals surface area contributed by atoms with Gasteiger partial charge in [0, 0.05) is 44.9 Å². The van der Waals surface area contributed by atoms with Gasteiger partial charge in [0.05, 0.1) is 37.2 Å². The predicted octanol–water partition coefficient (Wildman–Crippen LogP) is 3.25. The van der Waals surface area contributed by atoms with Crippen LogP contribution < -0.4 is 5.32 Å². The Morgan fingerprint density at radius 1 is 1.18 bits per heavy atom. The molecule has 0 aliphatic carbocycles. The van der Waals surface area contributed by atoms with E-state index in [2.05, 4.69) is 10.2 Å². The number of fused-ring (bicyclic) bond motifs is 1. The number of ether oxygens (including phenoxy) is 2. The summed E-state index contributed by atoms with van der Waals surface area (Å²) in [6.45, 7) is 9.80. The first-order valence-electron chi connectivity index (χ1n) is 11.7. The number of aliphatic imine (C=N–C) groups is 1. The number of benzene rings is 1. The molecule has 1 N–H and O–H groups in total. The van der Waals surface area contributed by atoms with E-state index in [1.165, 1.54) is 0 Å². The van der Waals surface area contributed by atoms with Crippen LogP contribution in [0.25, 0.3) is 0 Å². The van der Waals surface area contributed by atoms with Crippen LogP contribution in [0.1, 0.15) is 55.6 Å². The maximum Gasteiger partial charge on any atom is 0.410 e. The van der Waals surface area contributed by atoms with Gasteiger partial charge in [0.1, 0.15) is 11.4 Å². The van der Waals surface area contributed by atoms with Gasteiger partial charge >= 0.3 is 6.09 Å². The normalized spacial score (nSPS) is 20.6. The topological polar surface area (TPSA) is 86.7 Å². The molecular formula is C24H35N5O4. The Hall–Kier alpha value is -2.81. The van der Waals surface area contributed by atoms with Crippen molar-refractivity contribution in [2.24, 2.45) is 4.99 Å². The van der Waals surface area contributed by atoms with Gasteiger partial charge in [0.15, 0.2) is 0 Å². The number of carbonyl (C=O) groups is 2. The van der Waals surface area contributed by atoms with E-state index in [9.17, 15) is 9.59 Å². The summed E-state index contributed by atoms with van der Waals surface area (Å²) < 4.78 is 11.2. The number of morpholine rings is 1. The first kappa shape index (κ1) is 23.4. The Morgan fingerprint density at radius 2 is 1.91 bits per heavy atom. The maximum absolute atomic E-state index is 13.0. The molecule has 2 saturated heterocycles. The summed E-state index contributed by atoms with van der Waals surface area (Å²) in [5, 5.41) is 3.47. The minimum Gasteiger partial charge on any atom is -0.444 e. The third kappa shape index (κ3) is 5.08. The Labute approximate surface area is 195 Å². The molecule has 0 radical (unpaired) electrons. The van der Waals surface area contributed by atoms with Gasteiger partial charge in [-0.3, -0.25) is 4.79 Å². The second-order valence-corrected chi connectivity index (χ2v) is 9.97. The standard InChI is InChI=1S/C24H35N5O4/c1-24(2,3)33-23(31)29-8-6-7-19(29)17-13-16(22(30)27(4)5)14-18-21(17)26-20(15-25-18)28-9-11-32-12-10-28/h13-14,19,25H,6-12,15H2,1-5H3. The number of hydrogen-bond donors (Lipinski definition) is 1. The molecule has 0 saturated carbocycles. The molecule has 4 rings (SSSR count). The SMILES string of the molecule is CN(C)C(=O)c1cc2c(c(C3CCCN3C(=O)OC(C)(C)C)c1)N=C(N1CCOCC1)CN2. The number of nitrogens with zero attached hydrogens (tertiary/aromatic N) is 4. The summed E-state index contributed by atoms with van der Waals surface area (Å²) in [4.78, 5) is 36.5. The van der Waals surface area contributed by atoms with Gasteiger partial charge in [-0.15, -0.1) is 0 Å². The van der Waals surface area contributed by atoms with Crippen molar-refractivity contribution in [1.82, 2.24) is 14.7 Å². The number of nitrogens with one attached hydrogen (secondary N) is 1. The highest BCUT2D eigenvalue weighted by Gasteiger charge is 2.36. The molecule has 2 amide bonds. The molecule has 3 heterocycles. The zero-order chi connectivity index (χ0) is 23.8. The van der Waals surface area contributed by atoms with Crippen molar-refractivity contribution < 1.29 is 19.1 Å². The molecule has 3 aliphatic rings. The van der Waals surface area contributed by atoms with Gasteiger partial charge in [0.25, 0.3) is 5.91 Å². The Kier molecular flexibility index (Phi) is 6.52. The maximum atomic E-state index is 13.0. The second-order valence-electron chi connectivity index (χ2n) is 9.97. The van der Waals surface area contributed by atoms with Crippen LogP contribution in [0.5, 0.6) is 0 Å². The lowest BCUT2D eigenvalue weighted by molar-refractivity contribution is 0.0225. The molecule has 9 heteroatoms. The number of anilines is 1. The first-order chi connectivity index (χ1) is 15.6. The van der Waals surface area contributed by atoms with Crippen molar-refractivity contribution in [2.45, 2.75) is 45.3 Å². The number of amidine groups is 1. The van der Waals surface area contributed by atoms with E-state index < -0.39 is 5.60 Å². The highest BCUT2D eigenvalue weighted by Crippen LogP contribution is 2.43. The van der Waals surface area contributed by atoms with Gasteiger partial charge in [-0.05, 0) is 45.7 Å². The molecular weight excluding hydrogens is 422 g/mol. The quantitative estimate of drug-likeness (QED) is 0.734. The van der Waals surface area contributed by atoms with E-state index in [0.717, 1.165) is 48.7 Å². The van der Waals surface area contributed by atoms with E-state index in [-0.39, 0.29) is 18.0 Å². The Bertz CT molecular complexity index is 947. The summed E-state index contributed by atoms with van der Waals surface area (Å²) in [5.74, 6) is 0.881. The van der Waals surface area contributed by atoms with Crippen LogP contribution in [-0.4, -0.2) is 91.6 Å². The van der Waals surface area contributed by atoms with Crippen molar-refractivity contribution in [2.75, 3.05) is 58.8 Å². The van der Waals surface area contributed by atoms with Crippen LogP contribution in [0.4, 0.5) is 16.2 Å². The number of carbonyl (C=O) groups excluding carboxylic acids is 2. The highest BCUT2D eigenvalue weighted by atomic mass is 16.6. The van der Waals surface area contributed by atoms with Gasteiger partial charge in [-0.1, -0.05) is 0 Å². The molecule has 180 valence electrons. The average molecular weight is 458 g/mol. The first-order valence-corrected chi connectivity index (χ1v) is 11.7. The molecule has 33 heavy (non-hydrogen) atoms. The highest BCUT2D eigenvalue weighted by molar-refractivity contribution is 6.00. The molecule has 3 aliphatic heterocycles. The summed E-state index contributed by atoms with van der Waals surface area (Å²) >= 11 is 0. The zero-order valence-electron chi connectivity index (χ0n) is 20.3. The molecule has 0 aromatic heterocycles. The monoisotopic (exact) mass is 457 g/mol. The molecule has 1 aromatic carbocycles. The van der Waals surface area contributed by atoms with Crippen LogP contribution in [0.2, 0.25) is 0 Å². The van der Waals surface area contributed by atoms with E-state index in [4.69, 9.17) is 14.5 Å². The van der Waals surface area contributed by atoms with E-state index in [0.29, 0.717) is 31.9 Å². The van der Waals surface area contributed by atoms with E-state index in [1.807, 2.05) is 32.9 Å². The van der Waals surface area contributed by atoms with Crippen molar-refractivity contribution >= 4 is 29.2 Å². The van der Waals surface area contributed by atoms with Crippen LogP contribution in [0, 0.1) is 0 Å². The third-order valence-corrected chi connectivity index (χ3v) is 6.09. The fraction of sp³-hybridized carbons (Fsp3) is 0.625. The molecule has 2 fully saturated rings. The van der Waals surface area contributed by atoms with Crippen molar-refractivity contribution in [3.05, 3.63) is 23.3 Å². The largest absolute Gasteiger partial charge is 0.444 e. The number of rotatable bonds is 2. The van der Waals surface area contributed by atoms with Crippen LogP contribution >= 0.6 is 0 Å². The second kappa shape index (κ2) is 9.21. The predicted molar refractivity (Wildman–Crippen MR) is 127 cm³/mol. The molecule has 1 aromatic rings. The molecule has 0 spiro atoms. The van der Waals surface area contributed by atoms with Crippen molar-refractivity contribution in [3.8, 4) is 0 Å². The molecule has 1 unspecified atom stereocenters. The zero-order valence-corrected chi connectivity index (χ0v) is 20.3. The number of hydrogen-bond acceptors (Lipinski definition) is 7. The average Bonchev–Trinajstić information content (AvgIpc) is 3.27. The van der Waals surface area contributed by atoms with Gasteiger partial charge < -0.3 is 29.5 Å². The smallest absolute Gasteiger partial charge is 0.410 e. The van der Waals surface area contributed by atoms with Gasteiger partial charge in [0.2, 0.25) is 0 Å². The number of amides is 2. The lowest BCUT2D eigenvalue weighted by Gasteiger charge is -2.34. The van der Waals surface area contributed by atoms with Gasteiger partial charge in [-0.25, -0.2) is 9.79 Å². The summed E-state index contributed by atoms with van der Waals surface area (Å²) in [7, 11) is 3.48. The van der Waals surface area contributed by atoms with Crippen LogP contribution in [0.15, 0.2) is 17.1 Å². The molecule has 1 atom stereocenters. The fourth-order valence-electron chi connectivity index (χ4n) is 4.53. The van der Waals surface area contributed by atoms with Gasteiger partial charge in [-0.2, -0.15) is 0 Å². The third-order valence-electron chi connectivity index (χ3n) is 6.09. The van der Waals surface area contributed by atoms with Crippen molar-refractivity contribution in [1.29, 1.82) is 0 Å². The minimum absolute atomic E-state index is 0.0781. The van der Waals surface area contributed by atoms with E-state index in [1.54, 1.807) is 23.9 Å². The summed E-state index contributed by atoms with van der Waals surface area (Å²) in [6.07, 6.45) is 1.34.